The molecule has 130 valence electrons. The Kier molecular flexibility index (Phi) is 8.03. The second kappa shape index (κ2) is 9.26. The molecule has 0 radical (unpaired) electrons. The highest BCUT2D eigenvalue weighted by Gasteiger charge is 2.27. The van der Waals surface area contributed by atoms with Gasteiger partial charge < -0.3 is 15.4 Å². The van der Waals surface area contributed by atoms with Crippen LogP contribution in [-0.4, -0.2) is 37.7 Å². The van der Waals surface area contributed by atoms with Gasteiger partial charge in [0.05, 0.1) is 19.1 Å². The molecule has 1 aliphatic heterocycles. The Hall–Kier alpha value is -1.10. The van der Waals surface area contributed by atoms with Gasteiger partial charge in [-0.05, 0) is 17.4 Å². The largest absolute Gasteiger partial charge is 0.375 e. The quantitative estimate of drug-likeness (QED) is 0.866. The van der Waals surface area contributed by atoms with Gasteiger partial charge in [0.2, 0.25) is 5.91 Å². The lowest BCUT2D eigenvalue weighted by molar-refractivity contribution is -0.125. The maximum Gasteiger partial charge on any atom is 0.222 e. The Labute approximate surface area is 145 Å². The highest BCUT2D eigenvalue weighted by Crippen LogP contribution is 2.23. The van der Waals surface area contributed by atoms with Crippen molar-refractivity contribution in [1.82, 2.24) is 10.6 Å². The summed E-state index contributed by atoms with van der Waals surface area (Å²) in [6, 6.07) is 10.4. The fourth-order valence-corrected chi connectivity index (χ4v) is 2.63. The molecule has 4 nitrogen and oxygen atoms in total. The molecule has 0 aliphatic carbocycles. The Balaban J connectivity index is 0.00000264. The molecule has 1 aromatic carbocycles. The van der Waals surface area contributed by atoms with E-state index in [-0.39, 0.29) is 35.9 Å². The number of hydrogen-bond acceptors (Lipinski definition) is 3. The number of hydrogen-bond donors (Lipinski definition) is 2. The Morgan fingerprint density at radius 1 is 1.35 bits per heavy atom. The number of benzene rings is 1. The molecule has 2 N–H and O–H groups in total. The minimum Gasteiger partial charge on any atom is -0.375 e. The Morgan fingerprint density at radius 3 is 2.61 bits per heavy atom. The lowest BCUT2D eigenvalue weighted by Crippen LogP contribution is -2.48. The minimum atomic E-state index is -0.00825. The van der Waals surface area contributed by atoms with E-state index in [1.165, 1.54) is 5.56 Å². The van der Waals surface area contributed by atoms with Crippen molar-refractivity contribution >= 4 is 18.3 Å². The standard InChI is InChI=1S/C18H28N2O2.ClH/c1-18(2,3)16(11-14-7-5-4-6-8-14)20-17(21)12-15-13-19-9-10-22-15;/h4-8,15-16,19H,9-13H2,1-3H3,(H,20,21);1H. The van der Waals surface area contributed by atoms with E-state index in [4.69, 9.17) is 4.74 Å². The van der Waals surface area contributed by atoms with Crippen molar-refractivity contribution < 1.29 is 9.53 Å². The number of nitrogens with one attached hydrogen (secondary N) is 2. The predicted molar refractivity (Wildman–Crippen MR) is 96.0 cm³/mol. The smallest absolute Gasteiger partial charge is 0.222 e. The van der Waals surface area contributed by atoms with Crippen LogP contribution in [-0.2, 0) is 16.0 Å². The zero-order valence-electron chi connectivity index (χ0n) is 14.3. The summed E-state index contributed by atoms with van der Waals surface area (Å²) >= 11 is 0. The van der Waals surface area contributed by atoms with E-state index in [9.17, 15) is 4.79 Å². The van der Waals surface area contributed by atoms with Crippen LogP contribution >= 0.6 is 12.4 Å². The van der Waals surface area contributed by atoms with Crippen LogP contribution in [0.2, 0.25) is 0 Å². The third-order valence-corrected chi connectivity index (χ3v) is 4.08. The fourth-order valence-electron chi connectivity index (χ4n) is 2.63. The second-order valence-electron chi connectivity index (χ2n) is 7.08. The summed E-state index contributed by atoms with van der Waals surface area (Å²) in [4.78, 5) is 12.3. The summed E-state index contributed by atoms with van der Waals surface area (Å²) in [6.07, 6.45) is 1.26. The van der Waals surface area contributed by atoms with Crippen molar-refractivity contribution in [2.75, 3.05) is 19.7 Å². The van der Waals surface area contributed by atoms with E-state index in [0.29, 0.717) is 13.0 Å². The average Bonchev–Trinajstić information content (AvgIpc) is 2.48. The molecule has 1 aliphatic rings. The van der Waals surface area contributed by atoms with Gasteiger partial charge in [0, 0.05) is 19.1 Å². The highest BCUT2D eigenvalue weighted by atomic mass is 35.5. The van der Waals surface area contributed by atoms with E-state index in [0.717, 1.165) is 19.5 Å². The molecule has 0 saturated carbocycles. The molecular formula is C18H29ClN2O2. The number of amides is 1. The summed E-state index contributed by atoms with van der Waals surface area (Å²) < 4.78 is 5.61. The number of carbonyl (C=O) groups excluding carboxylic acids is 1. The van der Waals surface area contributed by atoms with Crippen LogP contribution in [0.4, 0.5) is 0 Å². The van der Waals surface area contributed by atoms with Crippen LogP contribution in [0.1, 0.15) is 32.8 Å². The summed E-state index contributed by atoms with van der Waals surface area (Å²) in [5.74, 6) is 0.0737. The minimum absolute atomic E-state index is 0. The van der Waals surface area contributed by atoms with Crippen molar-refractivity contribution in [3.8, 4) is 0 Å². The summed E-state index contributed by atoms with van der Waals surface area (Å²) in [7, 11) is 0. The van der Waals surface area contributed by atoms with Gasteiger partial charge in [-0.1, -0.05) is 51.1 Å². The Morgan fingerprint density at radius 2 is 2.04 bits per heavy atom. The van der Waals surface area contributed by atoms with Crippen molar-refractivity contribution in [3.05, 3.63) is 35.9 Å². The van der Waals surface area contributed by atoms with Crippen molar-refractivity contribution in [3.63, 3.8) is 0 Å². The molecule has 2 atom stereocenters. The van der Waals surface area contributed by atoms with Crippen LogP contribution in [0.25, 0.3) is 0 Å². The van der Waals surface area contributed by atoms with Gasteiger partial charge in [-0.3, -0.25) is 4.79 Å². The first kappa shape index (κ1) is 19.9. The van der Waals surface area contributed by atoms with Gasteiger partial charge in [0.1, 0.15) is 0 Å². The first-order valence-electron chi connectivity index (χ1n) is 8.11. The third-order valence-electron chi connectivity index (χ3n) is 4.08. The van der Waals surface area contributed by atoms with Crippen molar-refractivity contribution in [1.29, 1.82) is 0 Å². The van der Waals surface area contributed by atoms with E-state index in [1.807, 2.05) is 18.2 Å². The van der Waals surface area contributed by atoms with E-state index >= 15 is 0 Å². The molecule has 1 amide bonds. The van der Waals surface area contributed by atoms with E-state index in [2.05, 4.69) is 43.5 Å². The zero-order chi connectivity index (χ0) is 16.0. The molecule has 0 spiro atoms. The van der Waals surface area contributed by atoms with Gasteiger partial charge in [0.15, 0.2) is 0 Å². The monoisotopic (exact) mass is 340 g/mol. The number of carbonyl (C=O) groups is 1. The molecule has 5 heteroatoms. The lowest BCUT2D eigenvalue weighted by atomic mass is 9.83. The molecule has 1 aromatic rings. The lowest BCUT2D eigenvalue weighted by Gasteiger charge is -2.32. The number of halogens is 1. The highest BCUT2D eigenvalue weighted by molar-refractivity contribution is 5.85. The van der Waals surface area contributed by atoms with Gasteiger partial charge in [-0.2, -0.15) is 0 Å². The molecule has 0 aromatic heterocycles. The van der Waals surface area contributed by atoms with Gasteiger partial charge in [0.25, 0.3) is 0 Å². The maximum atomic E-state index is 12.3. The molecule has 23 heavy (non-hydrogen) atoms. The van der Waals surface area contributed by atoms with Crippen LogP contribution < -0.4 is 10.6 Å². The van der Waals surface area contributed by atoms with E-state index in [1.54, 1.807) is 0 Å². The van der Waals surface area contributed by atoms with Crippen LogP contribution in [0.5, 0.6) is 0 Å². The summed E-state index contributed by atoms with van der Waals surface area (Å²) in [5.41, 5.74) is 1.26. The topological polar surface area (TPSA) is 50.4 Å². The number of morpholine rings is 1. The maximum absolute atomic E-state index is 12.3. The second-order valence-corrected chi connectivity index (χ2v) is 7.08. The third kappa shape index (κ3) is 6.90. The van der Waals surface area contributed by atoms with Gasteiger partial charge in [-0.15, -0.1) is 12.4 Å². The van der Waals surface area contributed by atoms with Crippen molar-refractivity contribution in [2.45, 2.75) is 45.8 Å². The van der Waals surface area contributed by atoms with Crippen LogP contribution in [0, 0.1) is 5.41 Å². The summed E-state index contributed by atoms with van der Waals surface area (Å²) in [6.45, 7) is 8.81. The average molecular weight is 341 g/mol. The fraction of sp³-hybridized carbons (Fsp3) is 0.611. The van der Waals surface area contributed by atoms with Gasteiger partial charge >= 0.3 is 0 Å². The molecular weight excluding hydrogens is 312 g/mol. The van der Waals surface area contributed by atoms with Crippen LogP contribution in [0.3, 0.4) is 0 Å². The molecule has 1 heterocycles. The molecule has 2 unspecified atom stereocenters. The van der Waals surface area contributed by atoms with Gasteiger partial charge in [-0.25, -0.2) is 0 Å². The van der Waals surface area contributed by atoms with E-state index < -0.39 is 0 Å². The molecule has 1 saturated heterocycles. The predicted octanol–water partition coefficient (Wildman–Crippen LogP) is 2.56. The number of rotatable bonds is 5. The molecule has 1 fully saturated rings. The SMILES string of the molecule is CC(C)(C)C(Cc1ccccc1)NC(=O)CC1CNCCO1.Cl. The van der Waals surface area contributed by atoms with Crippen molar-refractivity contribution in [2.24, 2.45) is 5.41 Å². The normalized spacial score (nSPS) is 19.5. The van der Waals surface area contributed by atoms with Crippen LogP contribution in [0.15, 0.2) is 30.3 Å². The Bertz CT molecular complexity index is 468. The zero-order valence-corrected chi connectivity index (χ0v) is 15.1. The summed E-state index contributed by atoms with van der Waals surface area (Å²) in [5, 5.41) is 6.46. The number of ether oxygens (including phenoxy) is 1. The first-order chi connectivity index (χ1) is 10.4. The molecule has 0 bridgehead atoms. The first-order valence-corrected chi connectivity index (χ1v) is 8.11. The molecule has 2 rings (SSSR count).